The summed E-state index contributed by atoms with van der Waals surface area (Å²) >= 11 is 0. The Morgan fingerprint density at radius 3 is 2.61 bits per heavy atom. The molecule has 148 valence electrons. The Morgan fingerprint density at radius 1 is 1.21 bits per heavy atom. The molecule has 0 bridgehead atoms. The van der Waals surface area contributed by atoms with Gasteiger partial charge >= 0.3 is 0 Å². The first-order valence-corrected chi connectivity index (χ1v) is 10.9. The summed E-state index contributed by atoms with van der Waals surface area (Å²) in [6.45, 7) is 4.53. The Kier molecular flexibility index (Phi) is 4.84. The van der Waals surface area contributed by atoms with Gasteiger partial charge in [0.25, 0.3) is 10.0 Å². The van der Waals surface area contributed by atoms with E-state index in [9.17, 15) is 8.42 Å². The summed E-state index contributed by atoms with van der Waals surface area (Å²) < 4.78 is 35.5. The SMILES string of the molecule is CC(C)c1oc(C2CCCN2S(=O)(=O)c2cn(C)cn2)nc1-c1ccccc1. The van der Waals surface area contributed by atoms with E-state index in [0.29, 0.717) is 18.9 Å². The average molecular weight is 401 g/mol. The predicted molar refractivity (Wildman–Crippen MR) is 105 cm³/mol. The van der Waals surface area contributed by atoms with Crippen LogP contribution >= 0.6 is 0 Å². The highest BCUT2D eigenvalue weighted by molar-refractivity contribution is 7.89. The maximum absolute atomic E-state index is 13.1. The number of hydrogen-bond acceptors (Lipinski definition) is 5. The van der Waals surface area contributed by atoms with Gasteiger partial charge in [-0.15, -0.1) is 0 Å². The van der Waals surface area contributed by atoms with E-state index in [1.165, 1.54) is 16.8 Å². The minimum absolute atomic E-state index is 0.0563. The molecule has 0 N–H and O–H groups in total. The van der Waals surface area contributed by atoms with Gasteiger partial charge in [-0.05, 0) is 12.8 Å². The number of rotatable bonds is 5. The Hall–Kier alpha value is -2.45. The van der Waals surface area contributed by atoms with Crippen LogP contribution in [0.25, 0.3) is 11.3 Å². The number of aryl methyl sites for hydroxylation is 1. The molecule has 7 nitrogen and oxygen atoms in total. The van der Waals surface area contributed by atoms with Crippen LogP contribution in [0.3, 0.4) is 0 Å². The molecule has 0 spiro atoms. The molecule has 0 amide bonds. The Labute approximate surface area is 165 Å². The quantitative estimate of drug-likeness (QED) is 0.652. The first-order valence-electron chi connectivity index (χ1n) is 9.43. The van der Waals surface area contributed by atoms with Crippen LogP contribution in [0.5, 0.6) is 0 Å². The van der Waals surface area contributed by atoms with E-state index in [2.05, 4.69) is 4.98 Å². The van der Waals surface area contributed by atoms with Gasteiger partial charge in [0.1, 0.15) is 17.5 Å². The third-order valence-corrected chi connectivity index (χ3v) is 6.78. The minimum Gasteiger partial charge on any atom is -0.443 e. The Balaban J connectivity index is 1.74. The highest BCUT2D eigenvalue weighted by Gasteiger charge is 2.40. The van der Waals surface area contributed by atoms with Crippen molar-refractivity contribution in [2.24, 2.45) is 7.05 Å². The maximum atomic E-state index is 13.1. The number of benzene rings is 1. The monoisotopic (exact) mass is 400 g/mol. The standard InChI is InChI=1S/C20H24N4O3S/c1-14(2)19-18(15-8-5-4-6-9-15)22-20(27-19)16-10-7-11-24(16)28(25,26)17-12-23(3)13-21-17/h4-6,8-9,12-14,16H,7,10-11H2,1-3H3. The van der Waals surface area contributed by atoms with Gasteiger partial charge in [0, 0.05) is 31.3 Å². The van der Waals surface area contributed by atoms with Crippen LogP contribution in [0.2, 0.25) is 0 Å². The highest BCUT2D eigenvalue weighted by Crippen LogP contribution is 2.39. The van der Waals surface area contributed by atoms with Crippen molar-refractivity contribution in [1.29, 1.82) is 0 Å². The number of nitrogens with zero attached hydrogens (tertiary/aromatic N) is 4. The molecule has 1 saturated heterocycles. The molecule has 0 aliphatic carbocycles. The van der Waals surface area contributed by atoms with Crippen LogP contribution < -0.4 is 0 Å². The van der Waals surface area contributed by atoms with Crippen molar-refractivity contribution < 1.29 is 12.8 Å². The number of hydrogen-bond donors (Lipinski definition) is 0. The smallest absolute Gasteiger partial charge is 0.262 e. The Morgan fingerprint density at radius 2 is 1.96 bits per heavy atom. The first-order chi connectivity index (χ1) is 13.4. The summed E-state index contributed by atoms with van der Waals surface area (Å²) in [5.41, 5.74) is 1.76. The number of oxazole rings is 1. The molecule has 1 unspecified atom stereocenters. The normalized spacial score (nSPS) is 18.2. The molecule has 3 heterocycles. The fourth-order valence-corrected chi connectivity index (χ4v) is 5.22. The summed E-state index contributed by atoms with van der Waals surface area (Å²) in [5, 5.41) is 0.0563. The lowest BCUT2D eigenvalue weighted by molar-refractivity contribution is 0.316. The largest absolute Gasteiger partial charge is 0.443 e. The molecule has 1 aliphatic rings. The maximum Gasteiger partial charge on any atom is 0.262 e. The van der Waals surface area contributed by atoms with E-state index >= 15 is 0 Å². The van der Waals surface area contributed by atoms with Crippen molar-refractivity contribution in [2.45, 2.75) is 43.7 Å². The van der Waals surface area contributed by atoms with Crippen molar-refractivity contribution in [2.75, 3.05) is 6.54 Å². The minimum atomic E-state index is -3.70. The molecule has 1 fully saturated rings. The predicted octanol–water partition coefficient (Wildman–Crippen LogP) is 3.72. The van der Waals surface area contributed by atoms with Gasteiger partial charge < -0.3 is 8.98 Å². The summed E-state index contributed by atoms with van der Waals surface area (Å²) in [4.78, 5) is 8.79. The molecule has 0 saturated carbocycles. The van der Waals surface area contributed by atoms with E-state index in [1.807, 2.05) is 44.2 Å². The second-order valence-corrected chi connectivity index (χ2v) is 9.27. The summed E-state index contributed by atoms with van der Waals surface area (Å²) in [6, 6.07) is 9.44. The zero-order chi connectivity index (χ0) is 19.9. The van der Waals surface area contributed by atoms with Crippen molar-refractivity contribution >= 4 is 10.0 Å². The lowest BCUT2D eigenvalue weighted by atomic mass is 10.0. The van der Waals surface area contributed by atoms with Crippen molar-refractivity contribution in [3.05, 3.63) is 54.5 Å². The highest BCUT2D eigenvalue weighted by atomic mass is 32.2. The molecule has 1 aliphatic heterocycles. The van der Waals surface area contributed by atoms with Crippen molar-refractivity contribution in [3.8, 4) is 11.3 Å². The number of aromatic nitrogens is 3. The average Bonchev–Trinajstić information content (AvgIpc) is 3.41. The zero-order valence-electron chi connectivity index (χ0n) is 16.2. The van der Waals surface area contributed by atoms with Gasteiger partial charge in [-0.1, -0.05) is 44.2 Å². The van der Waals surface area contributed by atoms with Gasteiger partial charge in [0.2, 0.25) is 5.89 Å². The van der Waals surface area contributed by atoms with E-state index in [0.717, 1.165) is 23.4 Å². The molecular formula is C20H24N4O3S. The number of sulfonamides is 1. The van der Waals surface area contributed by atoms with Crippen LogP contribution in [0.15, 0.2) is 52.3 Å². The van der Waals surface area contributed by atoms with Crippen molar-refractivity contribution in [3.63, 3.8) is 0 Å². The summed E-state index contributed by atoms with van der Waals surface area (Å²) in [6.07, 6.45) is 4.46. The summed E-state index contributed by atoms with van der Waals surface area (Å²) in [5.74, 6) is 1.38. The topological polar surface area (TPSA) is 81.2 Å². The first kappa shape index (κ1) is 18.9. The summed E-state index contributed by atoms with van der Waals surface area (Å²) in [7, 11) is -1.95. The lowest BCUT2D eigenvalue weighted by Crippen LogP contribution is -2.31. The van der Waals surface area contributed by atoms with Crippen molar-refractivity contribution in [1.82, 2.24) is 18.8 Å². The second kappa shape index (κ2) is 7.18. The molecule has 1 aromatic carbocycles. The van der Waals surface area contributed by atoms with Gasteiger partial charge in [-0.25, -0.2) is 18.4 Å². The molecule has 3 aromatic rings. The Bertz CT molecular complexity index is 1070. The van der Waals surface area contributed by atoms with E-state index < -0.39 is 16.1 Å². The van der Waals surface area contributed by atoms with Crippen LogP contribution in [-0.2, 0) is 17.1 Å². The van der Waals surface area contributed by atoms with Crippen LogP contribution in [0.4, 0.5) is 0 Å². The van der Waals surface area contributed by atoms with E-state index in [-0.39, 0.29) is 10.9 Å². The third kappa shape index (κ3) is 3.27. The van der Waals surface area contributed by atoms with Crippen LogP contribution in [-0.4, -0.2) is 33.8 Å². The van der Waals surface area contributed by atoms with Gasteiger partial charge in [-0.3, -0.25) is 0 Å². The molecule has 2 aromatic heterocycles. The van der Waals surface area contributed by atoms with Crippen LogP contribution in [0, 0.1) is 0 Å². The zero-order valence-corrected chi connectivity index (χ0v) is 17.1. The lowest BCUT2D eigenvalue weighted by Gasteiger charge is -2.20. The fourth-order valence-electron chi connectivity index (χ4n) is 3.60. The molecule has 0 radical (unpaired) electrons. The molecular weight excluding hydrogens is 376 g/mol. The molecule has 4 rings (SSSR count). The van der Waals surface area contributed by atoms with Gasteiger partial charge in [-0.2, -0.15) is 4.31 Å². The molecule has 1 atom stereocenters. The molecule has 28 heavy (non-hydrogen) atoms. The van der Waals surface area contributed by atoms with E-state index in [4.69, 9.17) is 9.40 Å². The molecule has 8 heteroatoms. The second-order valence-electron chi connectivity index (χ2n) is 7.44. The van der Waals surface area contributed by atoms with Gasteiger partial charge in [0.15, 0.2) is 5.03 Å². The van der Waals surface area contributed by atoms with Crippen LogP contribution in [0.1, 0.15) is 50.3 Å². The third-order valence-electron chi connectivity index (χ3n) is 4.98. The van der Waals surface area contributed by atoms with Gasteiger partial charge in [0.05, 0.1) is 6.33 Å². The number of imidazole rings is 1. The fraction of sp³-hybridized carbons (Fsp3) is 0.400. The van der Waals surface area contributed by atoms with E-state index in [1.54, 1.807) is 11.6 Å².